The molecule has 0 radical (unpaired) electrons. The molecule has 0 aliphatic carbocycles. The summed E-state index contributed by atoms with van der Waals surface area (Å²) in [5.74, 6) is -1.14. The zero-order valence-electron chi connectivity index (χ0n) is 11.7. The number of halogens is 1. The minimum absolute atomic E-state index is 0.144. The number of hydrogen-bond donors (Lipinski definition) is 1. The lowest BCUT2D eigenvalue weighted by Gasteiger charge is -2.04. The van der Waals surface area contributed by atoms with Crippen LogP contribution in [-0.4, -0.2) is 10.8 Å². The fourth-order valence-corrected chi connectivity index (χ4v) is 1.78. The molecule has 0 saturated heterocycles. The fourth-order valence-electron chi connectivity index (χ4n) is 1.78. The van der Waals surface area contributed by atoms with E-state index in [-0.39, 0.29) is 11.3 Å². The molecule has 0 fully saturated rings. The number of amides is 1. The number of non-ortho nitro benzene ring substituents is 1. The van der Waals surface area contributed by atoms with Gasteiger partial charge in [0, 0.05) is 17.8 Å². The molecule has 1 N–H and O–H groups in total. The first kappa shape index (κ1) is 15.9. The highest BCUT2D eigenvalue weighted by atomic mass is 19.1. The number of nitro benzene ring substituents is 1. The van der Waals surface area contributed by atoms with Gasteiger partial charge >= 0.3 is 0 Å². The maximum atomic E-state index is 12.8. The van der Waals surface area contributed by atoms with Gasteiger partial charge in [0.1, 0.15) is 17.5 Å². The van der Waals surface area contributed by atoms with Crippen molar-refractivity contribution in [2.24, 2.45) is 0 Å². The summed E-state index contributed by atoms with van der Waals surface area (Å²) in [5.41, 5.74) is 0.311. The number of benzene rings is 2. The van der Waals surface area contributed by atoms with Crippen molar-refractivity contribution in [3.63, 3.8) is 0 Å². The summed E-state index contributed by atoms with van der Waals surface area (Å²) in [6.07, 6.45) is 1.24. The van der Waals surface area contributed by atoms with Gasteiger partial charge in [-0.05, 0) is 35.9 Å². The molecule has 2 aromatic rings. The smallest absolute Gasteiger partial charge is 0.270 e. The molecule has 0 heterocycles. The van der Waals surface area contributed by atoms with Crippen LogP contribution in [0.15, 0.2) is 54.1 Å². The van der Waals surface area contributed by atoms with Crippen LogP contribution < -0.4 is 5.32 Å². The van der Waals surface area contributed by atoms with Gasteiger partial charge in [0.25, 0.3) is 11.6 Å². The lowest BCUT2D eigenvalue weighted by molar-refractivity contribution is -0.384. The highest BCUT2D eigenvalue weighted by Crippen LogP contribution is 2.16. The largest absolute Gasteiger partial charge is 0.321 e. The third kappa shape index (κ3) is 4.22. The van der Waals surface area contributed by atoms with Crippen LogP contribution in [0.5, 0.6) is 0 Å². The molecule has 0 aromatic heterocycles. The van der Waals surface area contributed by atoms with E-state index < -0.39 is 16.6 Å². The minimum Gasteiger partial charge on any atom is -0.321 e. The van der Waals surface area contributed by atoms with Crippen molar-refractivity contribution in [3.8, 4) is 6.07 Å². The number of carbonyl (C=O) groups excluding carboxylic acids is 1. The number of carbonyl (C=O) groups is 1. The Hall–Kier alpha value is -3.53. The molecule has 0 aliphatic rings. The Bertz CT molecular complexity index is 823. The van der Waals surface area contributed by atoms with E-state index in [2.05, 4.69) is 5.32 Å². The highest BCUT2D eigenvalue weighted by molar-refractivity contribution is 6.09. The molecule has 0 bridgehead atoms. The van der Waals surface area contributed by atoms with Crippen molar-refractivity contribution in [2.45, 2.75) is 0 Å². The van der Waals surface area contributed by atoms with Gasteiger partial charge in [-0.3, -0.25) is 14.9 Å². The maximum Gasteiger partial charge on any atom is 0.270 e. The van der Waals surface area contributed by atoms with Crippen LogP contribution in [0.2, 0.25) is 0 Å². The van der Waals surface area contributed by atoms with Gasteiger partial charge in [-0.25, -0.2) is 4.39 Å². The average molecular weight is 311 g/mol. The van der Waals surface area contributed by atoms with Gasteiger partial charge in [0.05, 0.1) is 4.92 Å². The molecule has 2 aromatic carbocycles. The quantitative estimate of drug-likeness (QED) is 0.405. The van der Waals surface area contributed by atoms with E-state index in [0.29, 0.717) is 11.3 Å². The second-order valence-electron chi connectivity index (χ2n) is 4.48. The normalized spacial score (nSPS) is 10.7. The summed E-state index contributed by atoms with van der Waals surface area (Å²) >= 11 is 0. The van der Waals surface area contributed by atoms with E-state index >= 15 is 0 Å². The number of anilines is 1. The van der Waals surface area contributed by atoms with Gasteiger partial charge < -0.3 is 5.32 Å². The van der Waals surface area contributed by atoms with Crippen LogP contribution in [0.4, 0.5) is 15.8 Å². The first-order valence-electron chi connectivity index (χ1n) is 6.43. The van der Waals surface area contributed by atoms with Gasteiger partial charge in [-0.1, -0.05) is 12.1 Å². The summed E-state index contributed by atoms with van der Waals surface area (Å²) in [6.45, 7) is 0. The summed E-state index contributed by atoms with van der Waals surface area (Å²) in [4.78, 5) is 22.2. The monoisotopic (exact) mass is 311 g/mol. The topological polar surface area (TPSA) is 96.0 Å². The molecular weight excluding hydrogens is 301 g/mol. The maximum absolute atomic E-state index is 12.8. The van der Waals surface area contributed by atoms with E-state index in [1.54, 1.807) is 6.07 Å². The van der Waals surface area contributed by atoms with Crippen LogP contribution in [0.3, 0.4) is 0 Å². The van der Waals surface area contributed by atoms with E-state index in [0.717, 1.165) is 0 Å². The molecule has 2 rings (SSSR count). The fraction of sp³-hybridized carbons (Fsp3) is 0. The van der Waals surface area contributed by atoms with Crippen molar-refractivity contribution in [2.75, 3.05) is 5.32 Å². The second kappa shape index (κ2) is 6.95. The first-order chi connectivity index (χ1) is 11.0. The Labute approximate surface area is 130 Å². The zero-order chi connectivity index (χ0) is 16.8. The van der Waals surface area contributed by atoms with Crippen molar-refractivity contribution in [1.82, 2.24) is 0 Å². The molecule has 23 heavy (non-hydrogen) atoms. The summed E-state index contributed by atoms with van der Waals surface area (Å²) in [6, 6.07) is 12.3. The van der Waals surface area contributed by atoms with Crippen LogP contribution in [0.1, 0.15) is 5.56 Å². The summed E-state index contributed by atoms with van der Waals surface area (Å²) in [7, 11) is 0. The predicted octanol–water partition coefficient (Wildman–Crippen LogP) is 3.28. The number of hydrogen-bond acceptors (Lipinski definition) is 4. The van der Waals surface area contributed by atoms with Gasteiger partial charge in [-0.15, -0.1) is 0 Å². The molecule has 0 atom stereocenters. The average Bonchev–Trinajstić information content (AvgIpc) is 2.55. The van der Waals surface area contributed by atoms with Crippen molar-refractivity contribution >= 4 is 23.4 Å². The molecule has 0 unspecified atom stereocenters. The predicted molar refractivity (Wildman–Crippen MR) is 81.7 cm³/mol. The molecule has 7 heteroatoms. The molecule has 0 aliphatic heterocycles. The highest BCUT2D eigenvalue weighted by Gasteiger charge is 2.11. The molecule has 0 spiro atoms. The van der Waals surface area contributed by atoms with Crippen LogP contribution in [0, 0.1) is 27.3 Å². The molecule has 6 nitrogen and oxygen atoms in total. The van der Waals surface area contributed by atoms with Crippen molar-refractivity contribution in [3.05, 3.63) is 75.6 Å². The molecule has 0 saturated carbocycles. The van der Waals surface area contributed by atoms with E-state index in [1.165, 1.54) is 54.6 Å². The summed E-state index contributed by atoms with van der Waals surface area (Å²) in [5, 5.41) is 22.3. The Balaban J connectivity index is 2.23. The van der Waals surface area contributed by atoms with E-state index in [1.807, 2.05) is 0 Å². The number of nitrogens with one attached hydrogen (secondary N) is 1. The SMILES string of the molecule is N#C/C(=C/c1cccc([N+](=O)[O-])c1)C(=O)Nc1ccc(F)cc1. The van der Waals surface area contributed by atoms with Crippen LogP contribution in [0.25, 0.3) is 6.08 Å². The second-order valence-corrected chi connectivity index (χ2v) is 4.48. The van der Waals surface area contributed by atoms with Crippen molar-refractivity contribution < 1.29 is 14.1 Å². The Kier molecular flexibility index (Phi) is 4.79. The number of rotatable bonds is 4. The van der Waals surface area contributed by atoms with Crippen LogP contribution in [-0.2, 0) is 4.79 Å². The first-order valence-corrected chi connectivity index (χ1v) is 6.43. The van der Waals surface area contributed by atoms with E-state index in [4.69, 9.17) is 5.26 Å². The Morgan fingerprint density at radius 3 is 2.57 bits per heavy atom. The number of nitro groups is 1. The number of nitriles is 1. The molecular formula is C16H10FN3O3. The van der Waals surface area contributed by atoms with E-state index in [9.17, 15) is 19.3 Å². The van der Waals surface area contributed by atoms with Gasteiger partial charge in [0.2, 0.25) is 0 Å². The lowest BCUT2D eigenvalue weighted by Crippen LogP contribution is -2.13. The minimum atomic E-state index is -0.689. The third-order valence-electron chi connectivity index (χ3n) is 2.86. The molecule has 1 amide bonds. The Morgan fingerprint density at radius 2 is 1.96 bits per heavy atom. The zero-order valence-corrected chi connectivity index (χ0v) is 11.7. The molecule has 114 valence electrons. The van der Waals surface area contributed by atoms with Crippen molar-refractivity contribution in [1.29, 1.82) is 5.26 Å². The lowest BCUT2D eigenvalue weighted by atomic mass is 10.1. The van der Waals surface area contributed by atoms with Gasteiger partial charge in [0.15, 0.2) is 0 Å². The standard InChI is InChI=1S/C16H10FN3O3/c17-13-4-6-14(7-5-13)19-16(21)12(10-18)8-11-2-1-3-15(9-11)20(22)23/h1-9H,(H,19,21)/b12-8-. The third-order valence-corrected chi connectivity index (χ3v) is 2.86. The Morgan fingerprint density at radius 1 is 1.26 bits per heavy atom. The van der Waals surface area contributed by atoms with Gasteiger partial charge in [-0.2, -0.15) is 5.26 Å². The number of nitrogens with zero attached hydrogens (tertiary/aromatic N) is 2. The summed E-state index contributed by atoms with van der Waals surface area (Å²) < 4.78 is 12.8. The van der Waals surface area contributed by atoms with Crippen LogP contribution >= 0.6 is 0 Å².